The lowest BCUT2D eigenvalue weighted by atomic mass is 10.1. The van der Waals surface area contributed by atoms with E-state index in [2.05, 4.69) is 0 Å². The van der Waals surface area contributed by atoms with Crippen molar-refractivity contribution in [2.45, 2.75) is 26.4 Å². The Morgan fingerprint density at radius 2 is 1.73 bits per heavy atom. The van der Waals surface area contributed by atoms with Crippen molar-refractivity contribution in [3.63, 3.8) is 0 Å². The molecule has 2 rings (SSSR count). The maximum Gasteiger partial charge on any atom is 0.227 e. The summed E-state index contributed by atoms with van der Waals surface area (Å²) in [6, 6.07) is 12.9. The van der Waals surface area contributed by atoms with Crippen molar-refractivity contribution >= 4 is 24.0 Å². The number of benzene rings is 2. The molecule has 1 unspecified atom stereocenters. The number of hydrogen-bond donors (Lipinski definition) is 2. The Morgan fingerprint density at radius 3 is 2.31 bits per heavy atom. The van der Waals surface area contributed by atoms with E-state index in [0.717, 1.165) is 5.56 Å². The van der Waals surface area contributed by atoms with E-state index in [9.17, 15) is 14.3 Å². The summed E-state index contributed by atoms with van der Waals surface area (Å²) in [4.78, 5) is 14.4. The molecule has 0 radical (unpaired) electrons. The van der Waals surface area contributed by atoms with Crippen LogP contribution in [0, 0.1) is 11.7 Å². The van der Waals surface area contributed by atoms with Gasteiger partial charge in [0.1, 0.15) is 5.82 Å². The van der Waals surface area contributed by atoms with Crippen LogP contribution in [0.4, 0.5) is 10.1 Å². The van der Waals surface area contributed by atoms with E-state index in [1.807, 2.05) is 32.0 Å². The molecule has 0 heterocycles. The first-order chi connectivity index (χ1) is 11.9. The summed E-state index contributed by atoms with van der Waals surface area (Å²) in [5.41, 5.74) is 7.86. The number of nitrogen functional groups attached to an aromatic ring is 1. The Labute approximate surface area is 160 Å². The van der Waals surface area contributed by atoms with E-state index >= 15 is 0 Å². The lowest BCUT2D eigenvalue weighted by Crippen LogP contribution is -2.38. The summed E-state index contributed by atoms with van der Waals surface area (Å²) in [7, 11) is 0. The molecule has 142 valence electrons. The minimum absolute atomic E-state index is 0. The van der Waals surface area contributed by atoms with Crippen molar-refractivity contribution in [2.24, 2.45) is 5.92 Å². The lowest BCUT2D eigenvalue weighted by molar-refractivity contribution is -0.132. The average Bonchev–Trinajstić information content (AvgIpc) is 2.56. The molecule has 26 heavy (non-hydrogen) atoms. The highest BCUT2D eigenvalue weighted by atomic mass is 35.5. The van der Waals surface area contributed by atoms with Gasteiger partial charge in [-0.05, 0) is 35.2 Å². The van der Waals surface area contributed by atoms with Crippen LogP contribution in [0.3, 0.4) is 0 Å². The fourth-order valence-corrected chi connectivity index (χ4v) is 2.69. The summed E-state index contributed by atoms with van der Waals surface area (Å²) in [5.74, 6) is -0.184. The fraction of sp³-hybridized carbons (Fsp3) is 0.350. The van der Waals surface area contributed by atoms with Crippen LogP contribution in [0.5, 0.6) is 0 Å². The highest BCUT2D eigenvalue weighted by Crippen LogP contribution is 2.18. The second-order valence-electron chi connectivity index (χ2n) is 6.64. The van der Waals surface area contributed by atoms with Crippen LogP contribution in [-0.2, 0) is 11.2 Å². The van der Waals surface area contributed by atoms with Crippen molar-refractivity contribution in [1.29, 1.82) is 0 Å². The van der Waals surface area contributed by atoms with Crippen LogP contribution in [0.2, 0.25) is 0 Å². The van der Waals surface area contributed by atoms with Crippen LogP contribution in [-0.4, -0.2) is 29.0 Å². The van der Waals surface area contributed by atoms with Crippen LogP contribution in [0.1, 0.15) is 31.1 Å². The van der Waals surface area contributed by atoms with Crippen molar-refractivity contribution in [2.75, 3.05) is 18.8 Å². The summed E-state index contributed by atoms with van der Waals surface area (Å²) < 4.78 is 13.0. The monoisotopic (exact) mass is 380 g/mol. The van der Waals surface area contributed by atoms with Gasteiger partial charge in [0.05, 0.1) is 19.1 Å². The molecule has 2 aromatic rings. The second-order valence-corrected chi connectivity index (χ2v) is 6.64. The molecule has 0 fully saturated rings. The molecule has 0 aliphatic heterocycles. The highest BCUT2D eigenvalue weighted by Gasteiger charge is 2.20. The van der Waals surface area contributed by atoms with Crippen LogP contribution in [0.25, 0.3) is 0 Å². The Balaban J connectivity index is 0.00000338. The number of nitrogens with zero attached hydrogens (tertiary/aromatic N) is 1. The third-order valence-corrected chi connectivity index (χ3v) is 3.98. The van der Waals surface area contributed by atoms with E-state index in [1.54, 1.807) is 11.0 Å². The zero-order valence-corrected chi connectivity index (χ0v) is 15.9. The van der Waals surface area contributed by atoms with Gasteiger partial charge in [0.2, 0.25) is 5.91 Å². The average molecular weight is 381 g/mol. The molecule has 3 N–H and O–H groups in total. The molecular formula is C20H26ClFN2O2. The van der Waals surface area contributed by atoms with Crippen LogP contribution < -0.4 is 5.73 Å². The van der Waals surface area contributed by atoms with E-state index in [4.69, 9.17) is 5.73 Å². The molecule has 0 saturated heterocycles. The summed E-state index contributed by atoms with van der Waals surface area (Å²) in [5, 5.41) is 10.4. The third-order valence-electron chi connectivity index (χ3n) is 3.98. The maximum absolute atomic E-state index is 13.0. The van der Waals surface area contributed by atoms with Gasteiger partial charge in [0.25, 0.3) is 0 Å². The number of aliphatic hydroxyl groups is 1. The molecule has 0 saturated carbocycles. The van der Waals surface area contributed by atoms with Gasteiger partial charge in [-0.25, -0.2) is 4.39 Å². The number of amides is 1. The summed E-state index contributed by atoms with van der Waals surface area (Å²) in [6.45, 7) is 4.72. The minimum atomic E-state index is -0.864. The number of halogens is 2. The Kier molecular flexibility index (Phi) is 8.55. The molecule has 0 aliphatic rings. The number of carbonyl (C=O) groups excluding carboxylic acids is 1. The predicted molar refractivity (Wildman–Crippen MR) is 105 cm³/mol. The van der Waals surface area contributed by atoms with Gasteiger partial charge >= 0.3 is 0 Å². The molecule has 4 nitrogen and oxygen atoms in total. The van der Waals surface area contributed by atoms with Gasteiger partial charge in [0.15, 0.2) is 0 Å². The molecular weight excluding hydrogens is 355 g/mol. The SMILES string of the molecule is CC(C)CN(CC(O)c1ccc(F)cc1)C(=O)Cc1ccccc1N.Cl. The first kappa shape index (κ1) is 21.9. The standard InChI is InChI=1S/C20H25FN2O2.ClH/c1-14(2)12-23(13-19(24)15-7-9-17(21)10-8-15)20(25)11-16-5-3-4-6-18(16)22;/h3-10,14,19,24H,11-13,22H2,1-2H3;1H. The zero-order chi connectivity index (χ0) is 18.4. The fourth-order valence-electron chi connectivity index (χ4n) is 2.69. The van der Waals surface area contributed by atoms with E-state index < -0.39 is 6.10 Å². The van der Waals surface area contributed by atoms with Gasteiger partial charge in [-0.3, -0.25) is 4.79 Å². The number of anilines is 1. The number of nitrogens with two attached hydrogens (primary N) is 1. The molecule has 1 amide bonds. The Hall–Kier alpha value is -2.11. The van der Waals surface area contributed by atoms with Gasteiger partial charge in [0, 0.05) is 12.2 Å². The van der Waals surface area contributed by atoms with E-state index in [-0.39, 0.29) is 43.0 Å². The van der Waals surface area contributed by atoms with Gasteiger partial charge in [-0.2, -0.15) is 0 Å². The first-order valence-corrected chi connectivity index (χ1v) is 8.41. The number of rotatable bonds is 7. The summed E-state index contributed by atoms with van der Waals surface area (Å²) >= 11 is 0. The maximum atomic E-state index is 13.0. The number of hydrogen-bond acceptors (Lipinski definition) is 3. The quantitative estimate of drug-likeness (QED) is 0.721. The number of para-hydroxylation sites is 1. The molecule has 6 heteroatoms. The smallest absolute Gasteiger partial charge is 0.227 e. The number of aliphatic hydroxyl groups excluding tert-OH is 1. The molecule has 0 aromatic heterocycles. The van der Waals surface area contributed by atoms with Crippen molar-refractivity contribution in [3.8, 4) is 0 Å². The van der Waals surface area contributed by atoms with Crippen LogP contribution >= 0.6 is 12.4 Å². The third kappa shape index (κ3) is 6.32. The van der Waals surface area contributed by atoms with Crippen LogP contribution in [0.15, 0.2) is 48.5 Å². The van der Waals surface area contributed by atoms with Gasteiger partial charge in [-0.15, -0.1) is 12.4 Å². The van der Waals surface area contributed by atoms with Crippen molar-refractivity contribution in [3.05, 3.63) is 65.5 Å². The topological polar surface area (TPSA) is 66.6 Å². The van der Waals surface area contributed by atoms with Gasteiger partial charge < -0.3 is 15.7 Å². The Morgan fingerprint density at radius 1 is 1.12 bits per heavy atom. The van der Waals surface area contributed by atoms with E-state index in [0.29, 0.717) is 17.8 Å². The predicted octanol–water partition coefficient (Wildman–Crippen LogP) is 3.59. The second kappa shape index (κ2) is 10.1. The molecule has 0 spiro atoms. The molecule has 0 aliphatic carbocycles. The lowest BCUT2D eigenvalue weighted by Gasteiger charge is -2.27. The molecule has 0 bridgehead atoms. The number of carbonyl (C=O) groups is 1. The Bertz CT molecular complexity index is 707. The highest BCUT2D eigenvalue weighted by molar-refractivity contribution is 5.85. The minimum Gasteiger partial charge on any atom is -0.398 e. The van der Waals surface area contributed by atoms with E-state index in [1.165, 1.54) is 24.3 Å². The molecule has 2 aromatic carbocycles. The largest absolute Gasteiger partial charge is 0.398 e. The normalized spacial score (nSPS) is 11.7. The summed E-state index contributed by atoms with van der Waals surface area (Å²) in [6.07, 6.45) is -0.674. The zero-order valence-electron chi connectivity index (χ0n) is 15.1. The van der Waals surface area contributed by atoms with Gasteiger partial charge in [-0.1, -0.05) is 44.2 Å². The van der Waals surface area contributed by atoms with Crippen molar-refractivity contribution < 1.29 is 14.3 Å². The first-order valence-electron chi connectivity index (χ1n) is 8.41. The molecule has 1 atom stereocenters. The van der Waals surface area contributed by atoms with Crippen molar-refractivity contribution in [1.82, 2.24) is 4.90 Å².